The van der Waals surface area contributed by atoms with E-state index >= 15 is 0 Å². The Hall–Kier alpha value is -1.69. The van der Waals surface area contributed by atoms with E-state index in [1.54, 1.807) is 17.0 Å². The van der Waals surface area contributed by atoms with E-state index in [-0.39, 0.29) is 29.0 Å². The molecule has 1 aromatic rings. The maximum Gasteiger partial charge on any atom is 0.243 e. The molecule has 0 unspecified atom stereocenters. The van der Waals surface area contributed by atoms with Crippen molar-refractivity contribution in [1.82, 2.24) is 10.2 Å². The molecule has 130 valence electrons. The molecule has 2 N–H and O–H groups in total. The van der Waals surface area contributed by atoms with Crippen molar-refractivity contribution in [2.75, 3.05) is 5.75 Å². The van der Waals surface area contributed by atoms with Gasteiger partial charge in [-0.15, -0.1) is 11.8 Å². The number of aromatic hydroxyl groups is 1. The minimum Gasteiger partial charge on any atom is -0.508 e. The second-order valence-electron chi connectivity index (χ2n) is 6.53. The molecule has 5 nitrogen and oxygen atoms in total. The van der Waals surface area contributed by atoms with Crippen LogP contribution >= 0.6 is 11.8 Å². The molecule has 1 heterocycles. The molecule has 3 rings (SSSR count). The molecular weight excluding hydrogens is 324 g/mol. The van der Waals surface area contributed by atoms with Gasteiger partial charge in [0.25, 0.3) is 0 Å². The van der Waals surface area contributed by atoms with E-state index < -0.39 is 6.04 Å². The Morgan fingerprint density at radius 1 is 1.21 bits per heavy atom. The summed E-state index contributed by atoms with van der Waals surface area (Å²) in [7, 11) is 0. The van der Waals surface area contributed by atoms with Crippen molar-refractivity contribution in [2.45, 2.75) is 56.5 Å². The SMILES string of the molecule is CC(=O)N1[C@H](C(=O)NC2CCCCC2)CS[C@H]1c1ccccc1O. The predicted molar refractivity (Wildman–Crippen MR) is 94.6 cm³/mol. The summed E-state index contributed by atoms with van der Waals surface area (Å²) in [5, 5.41) is 12.9. The lowest BCUT2D eigenvalue weighted by Gasteiger charge is -2.30. The van der Waals surface area contributed by atoms with Crippen LogP contribution in [0.25, 0.3) is 0 Å². The van der Waals surface area contributed by atoms with Gasteiger partial charge in [-0.2, -0.15) is 0 Å². The zero-order chi connectivity index (χ0) is 17.1. The van der Waals surface area contributed by atoms with Crippen molar-refractivity contribution in [3.63, 3.8) is 0 Å². The molecule has 2 amide bonds. The number of phenolic OH excluding ortho intramolecular Hbond substituents is 1. The van der Waals surface area contributed by atoms with Crippen LogP contribution in [0.1, 0.15) is 50.0 Å². The number of hydrogen-bond acceptors (Lipinski definition) is 4. The molecule has 2 fully saturated rings. The maximum absolute atomic E-state index is 12.7. The van der Waals surface area contributed by atoms with Crippen LogP contribution in [0.4, 0.5) is 0 Å². The highest BCUT2D eigenvalue weighted by atomic mass is 32.2. The summed E-state index contributed by atoms with van der Waals surface area (Å²) >= 11 is 1.53. The Balaban J connectivity index is 1.75. The largest absolute Gasteiger partial charge is 0.508 e. The first-order valence-electron chi connectivity index (χ1n) is 8.56. The van der Waals surface area contributed by atoms with Gasteiger partial charge in [-0.3, -0.25) is 9.59 Å². The lowest BCUT2D eigenvalue weighted by Crippen LogP contribution is -2.50. The van der Waals surface area contributed by atoms with E-state index in [4.69, 9.17) is 0 Å². The van der Waals surface area contributed by atoms with E-state index in [2.05, 4.69) is 5.32 Å². The van der Waals surface area contributed by atoms with E-state index in [0.717, 1.165) is 25.7 Å². The summed E-state index contributed by atoms with van der Waals surface area (Å²) in [5.41, 5.74) is 0.686. The third-order valence-electron chi connectivity index (χ3n) is 4.82. The molecule has 6 heteroatoms. The van der Waals surface area contributed by atoms with Gasteiger partial charge < -0.3 is 15.3 Å². The quantitative estimate of drug-likeness (QED) is 0.881. The monoisotopic (exact) mass is 348 g/mol. The first kappa shape index (κ1) is 17.1. The van der Waals surface area contributed by atoms with Crippen LogP contribution in [-0.4, -0.2) is 39.7 Å². The number of nitrogens with one attached hydrogen (secondary N) is 1. The second kappa shape index (κ2) is 7.47. The van der Waals surface area contributed by atoms with Crippen LogP contribution in [0.3, 0.4) is 0 Å². The molecule has 2 aliphatic rings. The minimum absolute atomic E-state index is 0.0671. The number of nitrogens with zero attached hydrogens (tertiary/aromatic N) is 1. The first-order valence-corrected chi connectivity index (χ1v) is 9.61. The number of thioether (sulfide) groups is 1. The Labute approximate surface area is 146 Å². The molecule has 1 aliphatic heterocycles. The summed E-state index contributed by atoms with van der Waals surface area (Å²) in [4.78, 5) is 26.5. The van der Waals surface area contributed by atoms with E-state index in [1.165, 1.54) is 25.1 Å². The third kappa shape index (κ3) is 3.53. The van der Waals surface area contributed by atoms with Gasteiger partial charge in [0.15, 0.2) is 0 Å². The normalized spacial score (nSPS) is 24.8. The van der Waals surface area contributed by atoms with Crippen LogP contribution < -0.4 is 5.32 Å². The number of amides is 2. The molecule has 0 bridgehead atoms. The molecule has 0 spiro atoms. The molecule has 1 aromatic carbocycles. The van der Waals surface area contributed by atoms with Crippen molar-refractivity contribution < 1.29 is 14.7 Å². The second-order valence-corrected chi connectivity index (χ2v) is 7.64. The van der Waals surface area contributed by atoms with Gasteiger partial charge in [-0.25, -0.2) is 0 Å². The fraction of sp³-hybridized carbons (Fsp3) is 0.556. The van der Waals surface area contributed by atoms with Crippen molar-refractivity contribution in [2.24, 2.45) is 0 Å². The smallest absolute Gasteiger partial charge is 0.243 e. The van der Waals surface area contributed by atoms with E-state index in [0.29, 0.717) is 11.3 Å². The van der Waals surface area contributed by atoms with Gasteiger partial charge in [0.05, 0.1) is 0 Å². The standard InChI is InChI=1S/C18H24N2O3S/c1-12(21)20-15(17(23)19-13-7-3-2-4-8-13)11-24-18(20)14-9-5-6-10-16(14)22/h5-6,9-10,13,15,18,22H,2-4,7-8,11H2,1H3,(H,19,23)/t15-,18-/m0/s1. The van der Waals surface area contributed by atoms with E-state index in [9.17, 15) is 14.7 Å². The number of hydrogen-bond donors (Lipinski definition) is 2. The lowest BCUT2D eigenvalue weighted by molar-refractivity contribution is -0.138. The number of benzene rings is 1. The molecule has 1 aliphatic carbocycles. The third-order valence-corrected chi connectivity index (χ3v) is 6.13. The average Bonchev–Trinajstić information content (AvgIpc) is 3.01. The highest BCUT2D eigenvalue weighted by Crippen LogP contribution is 2.44. The minimum atomic E-state index is -0.473. The number of carbonyl (C=O) groups is 2. The molecule has 0 radical (unpaired) electrons. The number of para-hydroxylation sites is 1. The summed E-state index contributed by atoms with van der Waals surface area (Å²) in [5.74, 6) is 0.506. The topological polar surface area (TPSA) is 69.6 Å². The molecule has 1 saturated heterocycles. The lowest BCUT2D eigenvalue weighted by atomic mass is 9.95. The summed E-state index contributed by atoms with van der Waals surface area (Å²) in [6.07, 6.45) is 5.59. The van der Waals surface area contributed by atoms with E-state index in [1.807, 2.05) is 12.1 Å². The van der Waals surface area contributed by atoms with Gasteiger partial charge in [-0.05, 0) is 18.9 Å². The van der Waals surface area contributed by atoms with Gasteiger partial charge >= 0.3 is 0 Å². The Morgan fingerprint density at radius 2 is 1.92 bits per heavy atom. The predicted octanol–water partition coefficient (Wildman–Crippen LogP) is 2.80. The van der Waals surface area contributed by atoms with Gasteiger partial charge in [0, 0.05) is 24.3 Å². The average molecular weight is 348 g/mol. The van der Waals surface area contributed by atoms with Crippen LogP contribution in [-0.2, 0) is 9.59 Å². The van der Waals surface area contributed by atoms with Gasteiger partial charge in [-0.1, -0.05) is 37.5 Å². The van der Waals surface area contributed by atoms with Crippen molar-refractivity contribution in [3.05, 3.63) is 29.8 Å². The molecular formula is C18H24N2O3S. The maximum atomic E-state index is 12.7. The highest BCUT2D eigenvalue weighted by molar-refractivity contribution is 7.99. The van der Waals surface area contributed by atoms with Crippen molar-refractivity contribution in [3.8, 4) is 5.75 Å². The highest BCUT2D eigenvalue weighted by Gasteiger charge is 2.42. The van der Waals surface area contributed by atoms with Crippen molar-refractivity contribution in [1.29, 1.82) is 0 Å². The Bertz CT molecular complexity index is 616. The number of rotatable bonds is 3. The van der Waals surface area contributed by atoms with Crippen LogP contribution in [0, 0.1) is 0 Å². The zero-order valence-corrected chi connectivity index (χ0v) is 14.7. The van der Waals surface area contributed by atoms with Gasteiger partial charge in [0.1, 0.15) is 17.2 Å². The first-order chi connectivity index (χ1) is 11.6. The molecule has 0 aromatic heterocycles. The molecule has 24 heavy (non-hydrogen) atoms. The van der Waals surface area contributed by atoms with Gasteiger partial charge in [0.2, 0.25) is 11.8 Å². The Kier molecular flexibility index (Phi) is 5.33. The van der Waals surface area contributed by atoms with Crippen LogP contribution in [0.2, 0.25) is 0 Å². The molecule has 1 saturated carbocycles. The fourth-order valence-electron chi connectivity index (χ4n) is 3.57. The summed E-state index contributed by atoms with van der Waals surface area (Å²) < 4.78 is 0. The summed E-state index contributed by atoms with van der Waals surface area (Å²) in [6.45, 7) is 1.49. The zero-order valence-electron chi connectivity index (χ0n) is 13.9. The fourth-order valence-corrected chi connectivity index (χ4v) is 5.08. The molecule has 2 atom stereocenters. The Morgan fingerprint density at radius 3 is 2.58 bits per heavy atom. The van der Waals surface area contributed by atoms with Crippen LogP contribution in [0.5, 0.6) is 5.75 Å². The van der Waals surface area contributed by atoms with Crippen molar-refractivity contribution >= 4 is 23.6 Å². The number of phenols is 1. The van der Waals surface area contributed by atoms with Crippen LogP contribution in [0.15, 0.2) is 24.3 Å². The summed E-state index contributed by atoms with van der Waals surface area (Å²) in [6, 6.07) is 6.77. The number of carbonyl (C=O) groups excluding carboxylic acids is 2.